The topological polar surface area (TPSA) is 111 Å². The minimum absolute atomic E-state index is 0.0456. The Morgan fingerprint density at radius 1 is 0.486 bits per heavy atom. The number of unbranched alkanes of at least 4 members (excludes halogenated alkanes) is 40. The Balaban J connectivity index is 5.18. The Kier molecular flexibility index (Phi) is 50.3. The number of carbonyl (C=O) groups excluding carboxylic acids is 2. The van der Waals surface area contributed by atoms with Crippen LogP contribution >= 0.6 is 7.82 Å². The van der Waals surface area contributed by atoms with Gasteiger partial charge in [-0.2, -0.15) is 0 Å². The second-order valence-corrected chi connectivity index (χ2v) is 23.7. The first-order valence-electron chi connectivity index (χ1n) is 30.5. The molecule has 0 aromatic heterocycles. The molecule has 0 aromatic carbocycles. The highest BCUT2D eigenvalue weighted by Crippen LogP contribution is 2.43. The van der Waals surface area contributed by atoms with E-state index in [9.17, 15) is 19.0 Å². The fourth-order valence-corrected chi connectivity index (χ4v) is 9.97. The van der Waals surface area contributed by atoms with Crippen LogP contribution < -0.4 is 5.32 Å². The Hall–Kier alpha value is -1.25. The molecule has 70 heavy (non-hydrogen) atoms. The van der Waals surface area contributed by atoms with E-state index in [0.717, 1.165) is 57.8 Å². The fourth-order valence-electron chi connectivity index (χ4n) is 9.24. The lowest BCUT2D eigenvalue weighted by Gasteiger charge is -2.27. The van der Waals surface area contributed by atoms with E-state index >= 15 is 0 Å². The quantitative estimate of drug-likeness (QED) is 0.0205. The monoisotopic (exact) mass is 1010 g/mol. The van der Waals surface area contributed by atoms with Gasteiger partial charge in [-0.25, -0.2) is 4.57 Å². The molecule has 10 heteroatoms. The lowest BCUT2D eigenvalue weighted by atomic mass is 10.0. The van der Waals surface area contributed by atoms with Gasteiger partial charge in [0.25, 0.3) is 0 Å². The first-order chi connectivity index (χ1) is 33.9. The van der Waals surface area contributed by atoms with E-state index in [1.165, 1.54) is 218 Å². The van der Waals surface area contributed by atoms with Gasteiger partial charge in [0.05, 0.1) is 33.8 Å². The molecule has 0 radical (unpaired) electrons. The molecule has 0 aliphatic carbocycles. The largest absolute Gasteiger partial charge is 0.472 e. The predicted octanol–water partition coefficient (Wildman–Crippen LogP) is 18.4. The van der Waals surface area contributed by atoms with Gasteiger partial charge in [0.2, 0.25) is 5.91 Å². The number of likely N-dealkylation sites (N-methyl/N-ethyl adjacent to an activating group) is 1. The summed E-state index contributed by atoms with van der Waals surface area (Å²) in [7, 11) is 1.52. The van der Waals surface area contributed by atoms with Crippen LogP contribution in [0.2, 0.25) is 0 Å². The molecule has 0 spiro atoms. The Labute approximate surface area is 435 Å². The number of esters is 1. The number of amides is 1. The lowest BCUT2D eigenvalue weighted by molar-refractivity contribution is -0.870. The predicted molar refractivity (Wildman–Crippen MR) is 300 cm³/mol. The molecule has 416 valence electrons. The summed E-state index contributed by atoms with van der Waals surface area (Å²) in [6.07, 6.45) is 57.7. The van der Waals surface area contributed by atoms with Crippen LogP contribution in [0.25, 0.3) is 0 Å². The van der Waals surface area contributed by atoms with Crippen molar-refractivity contribution in [3.63, 3.8) is 0 Å². The van der Waals surface area contributed by atoms with E-state index in [1.54, 1.807) is 0 Å². The van der Waals surface area contributed by atoms with Crippen molar-refractivity contribution < 1.29 is 37.3 Å². The summed E-state index contributed by atoms with van der Waals surface area (Å²) < 4.78 is 30.7. The minimum Gasteiger partial charge on any atom is -0.456 e. The molecular weight excluding hydrogens is 892 g/mol. The van der Waals surface area contributed by atoms with Crippen molar-refractivity contribution in [3.8, 4) is 0 Å². The second-order valence-electron chi connectivity index (χ2n) is 22.2. The number of nitrogens with one attached hydrogen (secondary N) is 1. The van der Waals surface area contributed by atoms with Gasteiger partial charge < -0.3 is 19.4 Å². The average Bonchev–Trinajstić information content (AvgIpc) is 3.32. The number of allylic oxidation sites excluding steroid dienone is 1. The number of hydrogen-bond donors (Lipinski definition) is 2. The summed E-state index contributed by atoms with van der Waals surface area (Å²) in [6.45, 7) is 7.05. The van der Waals surface area contributed by atoms with Crippen LogP contribution in [-0.2, 0) is 27.9 Å². The molecular formula is C60H120N2O7P+. The zero-order valence-electron chi connectivity index (χ0n) is 47.5. The van der Waals surface area contributed by atoms with Gasteiger partial charge in [0.1, 0.15) is 19.3 Å². The number of nitrogens with zero attached hydrogens (tertiary/aromatic N) is 1. The van der Waals surface area contributed by atoms with Crippen molar-refractivity contribution in [2.75, 3.05) is 40.9 Å². The van der Waals surface area contributed by atoms with Crippen molar-refractivity contribution in [1.82, 2.24) is 5.32 Å². The summed E-state index contributed by atoms with van der Waals surface area (Å²) in [5.74, 6) is -0.485. The standard InChI is InChI=1S/C60H119N2O7P/c1-7-10-13-16-19-22-25-27-29-30-31-32-33-35-38-41-44-47-50-53-60(64)69-58(51-48-45-42-39-36-24-21-18-15-12-9-3)57(56-68-70(65,66)67-55-54-62(4,5)6)61-59(63)52-49-46-43-40-37-34-28-26-23-20-17-14-11-8-2/h48,51,57-58H,7-47,49-50,52-56H2,1-6H3,(H-,61,63,65,66)/p+1/b51-48+. The number of ether oxygens (including phenoxy) is 1. The van der Waals surface area contributed by atoms with E-state index in [4.69, 9.17) is 13.8 Å². The number of hydrogen-bond acceptors (Lipinski definition) is 6. The van der Waals surface area contributed by atoms with Gasteiger partial charge in [-0.1, -0.05) is 277 Å². The molecule has 3 atom stereocenters. The Bertz CT molecular complexity index is 1210. The van der Waals surface area contributed by atoms with Crippen molar-refractivity contribution >= 4 is 19.7 Å². The zero-order chi connectivity index (χ0) is 51.5. The van der Waals surface area contributed by atoms with Gasteiger partial charge in [-0.15, -0.1) is 0 Å². The highest BCUT2D eigenvalue weighted by Gasteiger charge is 2.30. The third kappa shape index (κ3) is 51.6. The lowest BCUT2D eigenvalue weighted by Crippen LogP contribution is -2.47. The molecule has 1 amide bonds. The molecule has 3 unspecified atom stereocenters. The smallest absolute Gasteiger partial charge is 0.456 e. The first-order valence-corrected chi connectivity index (χ1v) is 32.0. The van der Waals surface area contributed by atoms with Crippen LogP contribution in [0.1, 0.15) is 310 Å². The fraction of sp³-hybridized carbons (Fsp3) is 0.933. The molecule has 0 aliphatic rings. The van der Waals surface area contributed by atoms with Crippen LogP contribution in [0.15, 0.2) is 12.2 Å². The summed E-state index contributed by atoms with van der Waals surface area (Å²) in [6, 6.07) is -0.838. The molecule has 0 heterocycles. The van der Waals surface area contributed by atoms with Crippen molar-refractivity contribution in [3.05, 3.63) is 12.2 Å². The Morgan fingerprint density at radius 3 is 1.17 bits per heavy atom. The number of quaternary nitrogens is 1. The van der Waals surface area contributed by atoms with E-state index in [2.05, 4.69) is 26.1 Å². The number of phosphoric acid groups is 1. The summed E-state index contributed by atoms with van der Waals surface area (Å²) in [5.41, 5.74) is 0. The molecule has 0 aliphatic heterocycles. The van der Waals surface area contributed by atoms with Gasteiger partial charge in [0.15, 0.2) is 0 Å². The van der Waals surface area contributed by atoms with Crippen molar-refractivity contribution in [2.45, 2.75) is 322 Å². The van der Waals surface area contributed by atoms with E-state index in [1.807, 2.05) is 33.3 Å². The minimum atomic E-state index is -4.43. The molecule has 0 saturated heterocycles. The normalized spacial score (nSPS) is 13.8. The van der Waals surface area contributed by atoms with Crippen LogP contribution in [-0.4, -0.2) is 74.3 Å². The van der Waals surface area contributed by atoms with Crippen molar-refractivity contribution in [1.29, 1.82) is 0 Å². The number of carbonyl (C=O) groups is 2. The molecule has 0 rings (SSSR count). The highest BCUT2D eigenvalue weighted by atomic mass is 31.2. The molecule has 0 saturated carbocycles. The van der Waals surface area contributed by atoms with Gasteiger partial charge in [-0.3, -0.25) is 18.6 Å². The van der Waals surface area contributed by atoms with Crippen LogP contribution in [0, 0.1) is 0 Å². The maximum absolute atomic E-state index is 13.5. The summed E-state index contributed by atoms with van der Waals surface area (Å²) in [4.78, 5) is 37.6. The number of rotatable bonds is 56. The van der Waals surface area contributed by atoms with Crippen LogP contribution in [0.5, 0.6) is 0 Å². The second kappa shape index (κ2) is 51.2. The molecule has 0 bridgehead atoms. The van der Waals surface area contributed by atoms with E-state index < -0.39 is 20.0 Å². The van der Waals surface area contributed by atoms with E-state index in [0.29, 0.717) is 23.9 Å². The van der Waals surface area contributed by atoms with Crippen LogP contribution in [0.4, 0.5) is 0 Å². The Morgan fingerprint density at radius 2 is 0.814 bits per heavy atom. The highest BCUT2D eigenvalue weighted by molar-refractivity contribution is 7.47. The molecule has 2 N–H and O–H groups in total. The van der Waals surface area contributed by atoms with Gasteiger partial charge >= 0.3 is 13.8 Å². The zero-order valence-corrected chi connectivity index (χ0v) is 48.4. The van der Waals surface area contributed by atoms with Crippen molar-refractivity contribution in [2.24, 2.45) is 0 Å². The van der Waals surface area contributed by atoms with Crippen LogP contribution in [0.3, 0.4) is 0 Å². The molecule has 9 nitrogen and oxygen atoms in total. The van der Waals surface area contributed by atoms with Gasteiger partial charge in [-0.05, 0) is 31.8 Å². The van der Waals surface area contributed by atoms with E-state index in [-0.39, 0.29) is 25.1 Å². The maximum atomic E-state index is 13.5. The molecule has 0 fully saturated rings. The molecule has 0 aromatic rings. The first kappa shape index (κ1) is 68.8. The summed E-state index contributed by atoms with van der Waals surface area (Å²) in [5, 5.41) is 3.06. The summed E-state index contributed by atoms with van der Waals surface area (Å²) >= 11 is 0. The third-order valence-electron chi connectivity index (χ3n) is 14.0. The SMILES string of the molecule is CCCCCCCCCCC/C=C/C(OC(=O)CCCCCCCCCCCCCCCCCCCCC)C(COP(=O)(O)OCC[N+](C)(C)C)NC(=O)CCCCCCCCCCCCCCCC. The number of phosphoric ester groups is 1. The third-order valence-corrected chi connectivity index (χ3v) is 15.0. The van der Waals surface area contributed by atoms with Gasteiger partial charge in [0, 0.05) is 12.8 Å². The maximum Gasteiger partial charge on any atom is 0.472 e. The average molecular weight is 1010 g/mol.